The van der Waals surface area contributed by atoms with Gasteiger partial charge in [0.2, 0.25) is 11.8 Å². The summed E-state index contributed by atoms with van der Waals surface area (Å²) in [5, 5.41) is 2.49. The zero-order valence-corrected chi connectivity index (χ0v) is 14.5. The van der Waals surface area contributed by atoms with E-state index in [1.165, 1.54) is 47.4 Å². The molecule has 0 aliphatic carbocycles. The van der Waals surface area contributed by atoms with Crippen molar-refractivity contribution in [1.82, 2.24) is 0 Å². The number of carbonyl (C=O) groups is 2. The van der Waals surface area contributed by atoms with E-state index in [1.807, 2.05) is 0 Å². The number of nitrogens with one attached hydrogen (secondary N) is 1. The van der Waals surface area contributed by atoms with Crippen molar-refractivity contribution in [1.29, 1.82) is 0 Å². The highest BCUT2D eigenvalue weighted by molar-refractivity contribution is 6.03. The van der Waals surface area contributed by atoms with Gasteiger partial charge in [0.05, 0.1) is 17.3 Å². The second kappa shape index (κ2) is 7.87. The summed E-state index contributed by atoms with van der Waals surface area (Å²) in [6, 6.07) is 11.4. The van der Waals surface area contributed by atoms with Crippen molar-refractivity contribution >= 4 is 23.2 Å². The molecule has 1 unspecified atom stereocenters. The van der Waals surface area contributed by atoms with E-state index in [4.69, 9.17) is 4.74 Å². The molecular formula is C19H16F4N2O3. The van der Waals surface area contributed by atoms with Gasteiger partial charge in [-0.15, -0.1) is 0 Å². The van der Waals surface area contributed by atoms with Gasteiger partial charge in [-0.1, -0.05) is 24.3 Å². The van der Waals surface area contributed by atoms with Gasteiger partial charge in [0.25, 0.3) is 0 Å². The first-order valence-electron chi connectivity index (χ1n) is 8.39. The van der Waals surface area contributed by atoms with E-state index in [1.54, 1.807) is 6.07 Å². The number of hydrogen-bond acceptors (Lipinski definition) is 3. The lowest BCUT2D eigenvalue weighted by Crippen LogP contribution is -2.29. The van der Waals surface area contributed by atoms with Gasteiger partial charge in [-0.05, 0) is 24.3 Å². The maximum absolute atomic E-state index is 13.9. The average molecular weight is 396 g/mol. The highest BCUT2D eigenvalue weighted by Gasteiger charge is 2.36. The molecule has 2 aromatic rings. The molecule has 3 rings (SSSR count). The summed E-state index contributed by atoms with van der Waals surface area (Å²) in [5.74, 6) is -2.46. The van der Waals surface area contributed by atoms with Crippen LogP contribution in [0.25, 0.3) is 0 Å². The molecule has 5 nitrogen and oxygen atoms in total. The van der Waals surface area contributed by atoms with Gasteiger partial charge in [0.15, 0.2) is 6.61 Å². The fourth-order valence-electron chi connectivity index (χ4n) is 2.88. The highest BCUT2D eigenvalue weighted by atomic mass is 19.4. The van der Waals surface area contributed by atoms with Crippen LogP contribution in [0.15, 0.2) is 48.5 Å². The Morgan fingerprint density at radius 1 is 1.14 bits per heavy atom. The van der Waals surface area contributed by atoms with Gasteiger partial charge in [-0.2, -0.15) is 13.2 Å². The number of anilines is 2. The third-order valence-corrected chi connectivity index (χ3v) is 4.18. The Kier molecular flexibility index (Phi) is 5.53. The Bertz CT molecular complexity index is 885. The summed E-state index contributed by atoms with van der Waals surface area (Å²) in [4.78, 5) is 25.9. The molecule has 28 heavy (non-hydrogen) atoms. The van der Waals surface area contributed by atoms with Crippen LogP contribution in [-0.4, -0.2) is 31.1 Å². The molecule has 0 bridgehead atoms. The number of rotatable bonds is 5. The Labute approximate surface area is 157 Å². The molecule has 0 aromatic heterocycles. The van der Waals surface area contributed by atoms with E-state index in [-0.39, 0.29) is 30.1 Å². The van der Waals surface area contributed by atoms with Crippen LogP contribution in [0.1, 0.15) is 6.42 Å². The molecule has 1 aliphatic rings. The van der Waals surface area contributed by atoms with Crippen molar-refractivity contribution in [2.24, 2.45) is 5.92 Å². The van der Waals surface area contributed by atoms with E-state index >= 15 is 0 Å². The second-order valence-corrected chi connectivity index (χ2v) is 6.25. The van der Waals surface area contributed by atoms with Crippen LogP contribution in [0.4, 0.5) is 28.9 Å². The third-order valence-electron chi connectivity index (χ3n) is 4.18. The van der Waals surface area contributed by atoms with Crippen LogP contribution in [0, 0.1) is 11.7 Å². The zero-order chi connectivity index (χ0) is 20.3. The number of halogens is 4. The number of alkyl halides is 3. The molecule has 1 N–H and O–H groups in total. The summed E-state index contributed by atoms with van der Waals surface area (Å²) in [7, 11) is 0. The Hall–Kier alpha value is -3.10. The molecule has 148 valence electrons. The molecule has 1 heterocycles. The summed E-state index contributed by atoms with van der Waals surface area (Å²) in [6.07, 6.45) is -4.65. The van der Waals surface area contributed by atoms with E-state index in [0.717, 1.165) is 0 Å². The molecule has 2 aromatic carbocycles. The van der Waals surface area contributed by atoms with Crippen molar-refractivity contribution in [3.05, 3.63) is 54.3 Å². The van der Waals surface area contributed by atoms with Crippen LogP contribution >= 0.6 is 0 Å². The summed E-state index contributed by atoms with van der Waals surface area (Å²) in [5.41, 5.74) is 0.144. The van der Waals surface area contributed by atoms with Crippen LogP contribution in [-0.2, 0) is 9.59 Å². The molecule has 1 aliphatic heterocycles. The number of para-hydroxylation sites is 3. The smallest absolute Gasteiger partial charge is 0.422 e. The first kappa shape index (κ1) is 19.7. The maximum Gasteiger partial charge on any atom is 0.422 e. The van der Waals surface area contributed by atoms with Gasteiger partial charge >= 0.3 is 6.18 Å². The minimum absolute atomic E-state index is 0.0306. The SMILES string of the molecule is O=C(Nc1ccccc1OCC(F)(F)F)C1CC(=O)N(c2ccccc2F)C1. The molecule has 2 amide bonds. The number of ether oxygens (including phenoxy) is 1. The molecular weight excluding hydrogens is 380 g/mol. The summed E-state index contributed by atoms with van der Waals surface area (Å²) >= 11 is 0. The van der Waals surface area contributed by atoms with Gasteiger partial charge in [-0.25, -0.2) is 4.39 Å². The molecule has 1 atom stereocenters. The number of nitrogens with zero attached hydrogens (tertiary/aromatic N) is 1. The van der Waals surface area contributed by atoms with E-state index < -0.39 is 36.3 Å². The van der Waals surface area contributed by atoms with Gasteiger partial charge in [0.1, 0.15) is 11.6 Å². The highest BCUT2D eigenvalue weighted by Crippen LogP contribution is 2.30. The summed E-state index contributed by atoms with van der Waals surface area (Å²) < 4.78 is 55.8. The Morgan fingerprint density at radius 2 is 1.82 bits per heavy atom. The number of benzene rings is 2. The van der Waals surface area contributed by atoms with Crippen molar-refractivity contribution in [2.45, 2.75) is 12.6 Å². The predicted octanol–water partition coefficient (Wildman–Crippen LogP) is 3.76. The van der Waals surface area contributed by atoms with Crippen LogP contribution < -0.4 is 15.0 Å². The van der Waals surface area contributed by atoms with Crippen LogP contribution in [0.2, 0.25) is 0 Å². The van der Waals surface area contributed by atoms with Crippen molar-refractivity contribution in [3.63, 3.8) is 0 Å². The monoisotopic (exact) mass is 396 g/mol. The lowest BCUT2D eigenvalue weighted by molar-refractivity contribution is -0.153. The normalized spacial score (nSPS) is 16.9. The molecule has 0 spiro atoms. The van der Waals surface area contributed by atoms with Gasteiger partial charge < -0.3 is 15.0 Å². The quantitative estimate of drug-likeness (QED) is 0.783. The number of hydrogen-bond donors (Lipinski definition) is 1. The molecule has 1 fully saturated rings. The van der Waals surface area contributed by atoms with Crippen molar-refractivity contribution in [2.75, 3.05) is 23.4 Å². The predicted molar refractivity (Wildman–Crippen MR) is 93.5 cm³/mol. The zero-order valence-electron chi connectivity index (χ0n) is 14.5. The van der Waals surface area contributed by atoms with Crippen LogP contribution in [0.3, 0.4) is 0 Å². The number of carbonyl (C=O) groups excluding carboxylic acids is 2. The minimum atomic E-state index is -4.52. The Morgan fingerprint density at radius 3 is 2.54 bits per heavy atom. The average Bonchev–Trinajstić information content (AvgIpc) is 3.02. The maximum atomic E-state index is 13.9. The fourth-order valence-corrected chi connectivity index (χ4v) is 2.88. The van der Waals surface area contributed by atoms with Crippen molar-refractivity contribution in [3.8, 4) is 5.75 Å². The number of amides is 2. The minimum Gasteiger partial charge on any atom is -0.482 e. The topological polar surface area (TPSA) is 58.6 Å². The lowest BCUT2D eigenvalue weighted by Gasteiger charge is -2.18. The van der Waals surface area contributed by atoms with E-state index in [0.29, 0.717) is 0 Å². The summed E-state index contributed by atoms with van der Waals surface area (Å²) in [6.45, 7) is -1.53. The molecule has 9 heteroatoms. The fraction of sp³-hybridized carbons (Fsp3) is 0.263. The second-order valence-electron chi connectivity index (χ2n) is 6.25. The Balaban J connectivity index is 1.69. The first-order valence-corrected chi connectivity index (χ1v) is 8.39. The molecule has 1 saturated heterocycles. The standard InChI is InChI=1S/C19H16F4N2O3/c20-13-5-1-3-7-15(13)25-10-12(9-17(25)26)18(27)24-14-6-2-4-8-16(14)28-11-19(21,22)23/h1-8,12H,9-11H2,(H,24,27). The first-order chi connectivity index (χ1) is 13.2. The molecule has 0 radical (unpaired) electrons. The van der Waals surface area contributed by atoms with Crippen LogP contribution in [0.5, 0.6) is 5.75 Å². The molecule has 0 saturated carbocycles. The van der Waals surface area contributed by atoms with E-state index in [9.17, 15) is 27.2 Å². The van der Waals surface area contributed by atoms with Gasteiger partial charge in [-0.3, -0.25) is 9.59 Å². The lowest BCUT2D eigenvalue weighted by atomic mass is 10.1. The van der Waals surface area contributed by atoms with Gasteiger partial charge in [0, 0.05) is 13.0 Å². The van der Waals surface area contributed by atoms with E-state index in [2.05, 4.69) is 5.32 Å². The largest absolute Gasteiger partial charge is 0.482 e. The van der Waals surface area contributed by atoms with Crippen molar-refractivity contribution < 1.29 is 31.9 Å². The third kappa shape index (κ3) is 4.59.